The summed E-state index contributed by atoms with van der Waals surface area (Å²) in [4.78, 5) is 22.1. The van der Waals surface area contributed by atoms with E-state index in [0.717, 1.165) is 18.2 Å². The van der Waals surface area contributed by atoms with Gasteiger partial charge in [0.15, 0.2) is 0 Å². The molecule has 0 aliphatic rings. The molecule has 0 spiro atoms. The van der Waals surface area contributed by atoms with E-state index in [1.807, 2.05) is 6.07 Å². The van der Waals surface area contributed by atoms with Gasteiger partial charge in [-0.25, -0.2) is 4.39 Å². The first kappa shape index (κ1) is 19.0. The summed E-state index contributed by atoms with van der Waals surface area (Å²) in [5.41, 5.74) is 5.42. The lowest BCUT2D eigenvalue weighted by molar-refractivity contribution is -0.385. The van der Waals surface area contributed by atoms with Crippen molar-refractivity contribution in [1.29, 1.82) is 5.26 Å². The lowest BCUT2D eigenvalue weighted by atomic mass is 9.89. The van der Waals surface area contributed by atoms with Crippen LogP contribution in [0, 0.1) is 33.2 Å². The Labute approximate surface area is 149 Å². The van der Waals surface area contributed by atoms with E-state index < -0.39 is 22.8 Å². The maximum Gasteiger partial charge on any atom is 0.269 e. The molecule has 0 aromatic heterocycles. The van der Waals surface area contributed by atoms with Gasteiger partial charge in [-0.1, -0.05) is 30.3 Å². The van der Waals surface area contributed by atoms with Gasteiger partial charge in [-0.05, 0) is 18.1 Å². The minimum atomic E-state index is -0.925. The van der Waals surface area contributed by atoms with Gasteiger partial charge in [0.2, 0.25) is 5.91 Å². The second kappa shape index (κ2) is 8.69. The van der Waals surface area contributed by atoms with Crippen LogP contribution in [0.15, 0.2) is 48.5 Å². The Morgan fingerprint density at radius 3 is 2.58 bits per heavy atom. The smallest absolute Gasteiger partial charge is 0.269 e. The number of hydrogen-bond donors (Lipinski definition) is 1. The number of rotatable bonds is 8. The Morgan fingerprint density at radius 1 is 1.31 bits per heavy atom. The van der Waals surface area contributed by atoms with Gasteiger partial charge in [0.25, 0.3) is 5.69 Å². The third-order valence-electron chi connectivity index (χ3n) is 3.69. The molecule has 1 radical (unpaired) electrons. The lowest BCUT2D eigenvalue weighted by Gasteiger charge is -2.21. The summed E-state index contributed by atoms with van der Waals surface area (Å²) in [6, 6.07) is 13.4. The highest BCUT2D eigenvalue weighted by Crippen LogP contribution is 2.33. The first-order valence-corrected chi connectivity index (χ1v) is 7.57. The van der Waals surface area contributed by atoms with E-state index in [4.69, 9.17) is 15.7 Å². The first-order chi connectivity index (χ1) is 12.4. The average molecular weight is 356 g/mol. The number of amides is 1. The Morgan fingerprint density at radius 2 is 2.00 bits per heavy atom. The van der Waals surface area contributed by atoms with E-state index in [1.54, 1.807) is 30.3 Å². The summed E-state index contributed by atoms with van der Waals surface area (Å²) in [6.45, 7) is -0.247. The largest absolute Gasteiger partial charge is 0.369 e. The van der Waals surface area contributed by atoms with Crippen molar-refractivity contribution in [3.05, 3.63) is 81.5 Å². The molecule has 0 saturated heterocycles. The van der Waals surface area contributed by atoms with Gasteiger partial charge >= 0.3 is 0 Å². The molecule has 1 atom stereocenters. The van der Waals surface area contributed by atoms with Crippen molar-refractivity contribution >= 4 is 11.6 Å². The number of ether oxygens (including phenoxy) is 1. The number of nitrogens with zero attached hydrogens (tertiary/aromatic N) is 2. The Kier molecular flexibility index (Phi) is 6.36. The van der Waals surface area contributed by atoms with Gasteiger partial charge in [0, 0.05) is 17.7 Å². The van der Waals surface area contributed by atoms with Crippen LogP contribution in [0.25, 0.3) is 0 Å². The van der Waals surface area contributed by atoms with Crippen LogP contribution in [0.3, 0.4) is 0 Å². The van der Waals surface area contributed by atoms with E-state index in [9.17, 15) is 19.3 Å². The van der Waals surface area contributed by atoms with E-state index in [-0.39, 0.29) is 30.2 Å². The van der Waals surface area contributed by atoms with Crippen molar-refractivity contribution in [2.24, 2.45) is 5.73 Å². The number of halogens is 1. The molecule has 0 fully saturated rings. The number of nitro groups is 1. The third-order valence-corrected chi connectivity index (χ3v) is 3.69. The molecule has 26 heavy (non-hydrogen) atoms. The van der Waals surface area contributed by atoms with Crippen LogP contribution in [-0.2, 0) is 9.53 Å². The second-order valence-electron chi connectivity index (χ2n) is 5.34. The van der Waals surface area contributed by atoms with Crippen LogP contribution in [0.4, 0.5) is 10.1 Å². The molecule has 0 aliphatic heterocycles. The number of nitro benzene ring substituents is 1. The Hall–Kier alpha value is -3.31. The zero-order chi connectivity index (χ0) is 19.1. The summed E-state index contributed by atoms with van der Waals surface area (Å²) >= 11 is 0. The molecule has 0 unspecified atom stereocenters. The number of primary amides is 1. The zero-order valence-corrected chi connectivity index (χ0v) is 13.6. The lowest BCUT2D eigenvalue weighted by Crippen LogP contribution is -2.26. The number of non-ortho nitro benzene ring substituents is 1. The number of nitriles is 1. The molecule has 2 aromatic carbocycles. The highest BCUT2D eigenvalue weighted by atomic mass is 19.1. The van der Waals surface area contributed by atoms with Crippen LogP contribution in [-0.4, -0.2) is 17.4 Å². The monoisotopic (exact) mass is 356 g/mol. The van der Waals surface area contributed by atoms with Gasteiger partial charge in [-0.15, -0.1) is 0 Å². The fourth-order valence-corrected chi connectivity index (χ4v) is 2.47. The predicted octanol–water partition coefficient (Wildman–Crippen LogP) is 2.81. The molecule has 0 aliphatic carbocycles. The molecule has 0 bridgehead atoms. The van der Waals surface area contributed by atoms with Crippen molar-refractivity contribution in [2.75, 3.05) is 6.61 Å². The van der Waals surface area contributed by atoms with Crippen LogP contribution >= 0.6 is 0 Å². The topological polar surface area (TPSA) is 119 Å². The number of hydrogen-bond acceptors (Lipinski definition) is 5. The summed E-state index contributed by atoms with van der Waals surface area (Å²) < 4.78 is 19.7. The highest BCUT2D eigenvalue weighted by molar-refractivity contribution is 5.93. The fraction of sp³-hybridized carbons (Fsp3) is 0.167. The molecule has 2 aromatic rings. The van der Waals surface area contributed by atoms with Crippen LogP contribution in [0.5, 0.6) is 0 Å². The standard InChI is InChI=1S/C18H15FN3O4/c19-16-7-6-13(22(24)25)10-14(16)15(18(21)23)11-17(26-9-8-20)12-4-2-1-3-5-12/h1-7,10,17H,9,11H2,(H2,21,23)/t17-/m0/s1. The van der Waals surface area contributed by atoms with Crippen LogP contribution in [0.1, 0.15) is 23.7 Å². The van der Waals surface area contributed by atoms with Gasteiger partial charge in [0.1, 0.15) is 12.4 Å². The molecule has 0 saturated carbocycles. The SMILES string of the molecule is N#CCO[C@@H](C[C](C(N)=O)c1cc([N+](=O)[O-])ccc1F)c1ccccc1. The van der Waals surface area contributed by atoms with E-state index in [1.165, 1.54) is 0 Å². The van der Waals surface area contributed by atoms with Crippen molar-refractivity contribution in [2.45, 2.75) is 12.5 Å². The first-order valence-electron chi connectivity index (χ1n) is 7.57. The molecule has 1 amide bonds. The normalized spacial score (nSPS) is 11.7. The minimum Gasteiger partial charge on any atom is -0.369 e. The maximum absolute atomic E-state index is 14.2. The molecular formula is C18H15FN3O4. The van der Waals surface area contributed by atoms with Gasteiger partial charge in [-0.2, -0.15) is 5.26 Å². The molecule has 0 heterocycles. The van der Waals surface area contributed by atoms with Gasteiger partial charge < -0.3 is 10.5 Å². The molecule has 2 N–H and O–H groups in total. The number of carbonyl (C=O) groups excluding carboxylic acids is 1. The van der Waals surface area contributed by atoms with Gasteiger partial charge in [-0.3, -0.25) is 14.9 Å². The quantitative estimate of drug-likeness (QED) is 0.576. The van der Waals surface area contributed by atoms with E-state index in [0.29, 0.717) is 5.56 Å². The van der Waals surface area contributed by atoms with Gasteiger partial charge in [0.05, 0.1) is 23.0 Å². The highest BCUT2D eigenvalue weighted by Gasteiger charge is 2.29. The molecular weight excluding hydrogens is 341 g/mol. The Bertz CT molecular complexity index is 836. The summed E-state index contributed by atoms with van der Waals surface area (Å²) in [7, 11) is 0. The zero-order valence-electron chi connectivity index (χ0n) is 13.6. The molecule has 2 rings (SSSR count). The second-order valence-corrected chi connectivity index (χ2v) is 5.34. The van der Waals surface area contributed by atoms with Crippen molar-refractivity contribution < 1.29 is 18.8 Å². The number of benzene rings is 2. The van der Waals surface area contributed by atoms with Crippen LogP contribution in [0.2, 0.25) is 0 Å². The number of nitrogens with two attached hydrogens (primary N) is 1. The van der Waals surface area contributed by atoms with E-state index >= 15 is 0 Å². The predicted molar refractivity (Wildman–Crippen MR) is 90.0 cm³/mol. The number of carbonyl (C=O) groups is 1. The third kappa shape index (κ3) is 4.62. The van der Waals surface area contributed by atoms with Crippen LogP contribution < -0.4 is 5.73 Å². The van der Waals surface area contributed by atoms with E-state index in [2.05, 4.69) is 0 Å². The summed E-state index contributed by atoms with van der Waals surface area (Å²) in [5, 5.41) is 19.7. The maximum atomic E-state index is 14.2. The fourth-order valence-electron chi connectivity index (χ4n) is 2.47. The van der Waals surface area contributed by atoms with Crippen molar-refractivity contribution in [1.82, 2.24) is 0 Å². The molecule has 7 nitrogen and oxygen atoms in total. The Balaban J connectivity index is 2.40. The molecule has 133 valence electrons. The summed E-state index contributed by atoms with van der Waals surface area (Å²) in [6.07, 6.45) is -0.879. The minimum absolute atomic E-state index is 0.140. The van der Waals surface area contributed by atoms with Crippen molar-refractivity contribution in [3.8, 4) is 6.07 Å². The average Bonchev–Trinajstić information content (AvgIpc) is 2.63. The molecule has 8 heteroatoms. The summed E-state index contributed by atoms with van der Waals surface area (Å²) in [5.74, 6) is -1.89. The van der Waals surface area contributed by atoms with Crippen molar-refractivity contribution in [3.63, 3.8) is 0 Å².